The van der Waals surface area contributed by atoms with Crippen molar-refractivity contribution in [3.8, 4) is 22.3 Å². The second-order valence-electron chi connectivity index (χ2n) is 6.09. The van der Waals surface area contributed by atoms with Crippen molar-refractivity contribution in [2.24, 2.45) is 0 Å². The number of benzene rings is 3. The molecule has 0 aliphatic carbocycles. The number of carbonyl (C=O) groups excluding carboxylic acids is 1. The van der Waals surface area contributed by atoms with E-state index in [1.807, 2.05) is 35.8 Å². The van der Waals surface area contributed by atoms with Gasteiger partial charge in [0.15, 0.2) is 0 Å². The summed E-state index contributed by atoms with van der Waals surface area (Å²) in [5.41, 5.74) is 4.46. The second kappa shape index (κ2) is 8.94. The first-order valence-corrected chi connectivity index (χ1v) is 12.0. The summed E-state index contributed by atoms with van der Waals surface area (Å²) in [4.78, 5) is 11.1. The molecule has 3 rings (SSSR count). The average molecular weight is 480 g/mol. The molecule has 0 spiro atoms. The fourth-order valence-corrected chi connectivity index (χ4v) is 5.09. The van der Waals surface area contributed by atoms with Gasteiger partial charge < -0.3 is 0 Å². The van der Waals surface area contributed by atoms with E-state index < -0.39 is 25.9 Å². The Bertz CT molecular complexity index is 1090. The van der Waals surface area contributed by atoms with Crippen LogP contribution in [-0.4, -0.2) is 25.3 Å². The van der Waals surface area contributed by atoms with Crippen molar-refractivity contribution in [1.82, 2.24) is 5.48 Å². The van der Waals surface area contributed by atoms with Crippen molar-refractivity contribution in [3.05, 3.63) is 77.6 Å². The molecule has 0 fully saturated rings. The normalized spacial score (nSPS) is 13.0. The molecule has 0 aromatic heterocycles. The van der Waals surface area contributed by atoms with Crippen molar-refractivity contribution in [2.75, 3.05) is 0 Å². The number of halogens is 2. The molecule has 0 radical (unpaired) electrons. The van der Waals surface area contributed by atoms with Gasteiger partial charge in [-0.3, -0.25) is 0 Å². The van der Waals surface area contributed by atoms with E-state index in [9.17, 15) is 18.2 Å². The average Bonchev–Trinajstić information content (AvgIpc) is 2.74. The summed E-state index contributed by atoms with van der Waals surface area (Å²) in [6, 6.07) is 18.1. The molecule has 0 aliphatic rings. The van der Waals surface area contributed by atoms with Crippen molar-refractivity contribution < 1.29 is 25.9 Å². The predicted molar refractivity (Wildman–Crippen MR) is 107 cm³/mol. The van der Waals surface area contributed by atoms with Crippen LogP contribution in [0, 0.1) is 5.82 Å². The Morgan fingerprint density at radius 2 is 1.66 bits per heavy atom. The van der Waals surface area contributed by atoms with E-state index in [2.05, 4.69) is 3.88 Å². The molecule has 0 heterocycles. The van der Waals surface area contributed by atoms with Crippen LogP contribution in [0.4, 0.5) is 4.39 Å². The van der Waals surface area contributed by atoms with Crippen LogP contribution in [0.15, 0.2) is 66.7 Å². The maximum atomic E-state index is 13.6. The van der Waals surface area contributed by atoms with E-state index in [0.29, 0.717) is 16.7 Å². The molecular weight excluding hydrogens is 464 g/mol. The van der Waals surface area contributed by atoms with E-state index in [1.165, 1.54) is 30.3 Å². The standard InChI is InChI=1S/C20H16AsClFNO5/c1-13(25)24-28-21(26,29-27)18-10-16(14-5-3-2-4-6-14)9-17(11-18)15-7-8-20(23)19(22)12-15/h2-12,27H,1H3,(H,24,25). The molecule has 6 nitrogen and oxygen atoms in total. The number of nitrogens with one attached hydrogen (secondary N) is 1. The van der Waals surface area contributed by atoms with Gasteiger partial charge in [0.1, 0.15) is 0 Å². The van der Waals surface area contributed by atoms with Gasteiger partial charge in [0, 0.05) is 0 Å². The molecular formula is C20H16AsClFNO5. The summed E-state index contributed by atoms with van der Waals surface area (Å²) in [6.45, 7) is 1.16. The number of hydroxylamine groups is 1. The third kappa shape index (κ3) is 4.96. The van der Waals surface area contributed by atoms with Gasteiger partial charge in [-0.05, 0) is 0 Å². The number of hydrogen-bond donors (Lipinski definition) is 2. The summed E-state index contributed by atoms with van der Waals surface area (Å²) in [6.07, 6.45) is 0. The summed E-state index contributed by atoms with van der Waals surface area (Å²) in [5.74, 6) is -1.19. The van der Waals surface area contributed by atoms with Gasteiger partial charge in [-0.15, -0.1) is 0 Å². The van der Waals surface area contributed by atoms with Crippen molar-refractivity contribution >= 4 is 36.0 Å². The van der Waals surface area contributed by atoms with Gasteiger partial charge in [0.25, 0.3) is 0 Å². The number of hydrogen-bond acceptors (Lipinski definition) is 5. The summed E-state index contributed by atoms with van der Waals surface area (Å²) >= 11 is 0.844. The molecule has 1 amide bonds. The molecule has 3 aromatic rings. The molecule has 9 heteroatoms. The molecule has 2 N–H and O–H groups in total. The molecule has 3 aromatic carbocycles. The van der Waals surface area contributed by atoms with Gasteiger partial charge in [0.05, 0.1) is 0 Å². The molecule has 1 atom stereocenters. The van der Waals surface area contributed by atoms with Crippen LogP contribution in [0.2, 0.25) is 5.02 Å². The zero-order valence-corrected chi connectivity index (χ0v) is 17.8. The van der Waals surface area contributed by atoms with E-state index in [1.54, 1.807) is 6.07 Å². The number of rotatable bonds is 6. The van der Waals surface area contributed by atoms with Crippen LogP contribution < -0.4 is 9.83 Å². The predicted octanol–water partition coefficient (Wildman–Crippen LogP) is 3.95. The monoisotopic (exact) mass is 479 g/mol. The Kier molecular flexibility index (Phi) is 6.57. The van der Waals surface area contributed by atoms with Crippen molar-refractivity contribution in [2.45, 2.75) is 6.92 Å². The SMILES string of the molecule is CC(=O)NO[As](=O)(OO)c1cc(-c2ccccc2)cc(-c2ccc(F)c(Cl)c2)c1. The van der Waals surface area contributed by atoms with Crippen LogP contribution in [0.1, 0.15) is 6.92 Å². The summed E-state index contributed by atoms with van der Waals surface area (Å²) in [7, 11) is 0. The van der Waals surface area contributed by atoms with Gasteiger partial charge in [-0.2, -0.15) is 0 Å². The van der Waals surface area contributed by atoms with Crippen LogP contribution in [-0.2, 0) is 16.2 Å². The Morgan fingerprint density at radius 3 is 2.24 bits per heavy atom. The van der Waals surface area contributed by atoms with E-state index in [0.717, 1.165) is 12.5 Å². The molecule has 0 aliphatic heterocycles. The first kappa shape index (κ1) is 21.3. The molecule has 0 saturated heterocycles. The van der Waals surface area contributed by atoms with Crippen molar-refractivity contribution in [3.63, 3.8) is 0 Å². The molecule has 150 valence electrons. The van der Waals surface area contributed by atoms with Gasteiger partial charge in [-0.25, -0.2) is 0 Å². The van der Waals surface area contributed by atoms with Crippen LogP contribution >= 0.6 is 11.6 Å². The van der Waals surface area contributed by atoms with E-state index >= 15 is 0 Å². The molecule has 1 unspecified atom stereocenters. The molecule has 0 saturated carbocycles. The van der Waals surface area contributed by atoms with Gasteiger partial charge in [0.2, 0.25) is 0 Å². The molecule has 0 bridgehead atoms. The Hall–Kier alpha value is -2.41. The third-order valence-electron chi connectivity index (χ3n) is 4.01. The van der Waals surface area contributed by atoms with Crippen LogP contribution in [0.25, 0.3) is 22.3 Å². The Balaban J connectivity index is 2.18. The zero-order valence-electron chi connectivity index (χ0n) is 15.1. The van der Waals surface area contributed by atoms with Crippen molar-refractivity contribution in [1.29, 1.82) is 0 Å². The summed E-state index contributed by atoms with van der Waals surface area (Å²) in [5, 5.41) is 9.20. The Labute approximate surface area is 174 Å². The fraction of sp³-hybridized carbons (Fsp3) is 0.0500. The van der Waals surface area contributed by atoms with Crippen LogP contribution in [0.5, 0.6) is 0 Å². The zero-order chi connectivity index (χ0) is 21.0. The van der Waals surface area contributed by atoms with Crippen LogP contribution in [0.3, 0.4) is 0 Å². The minimum absolute atomic E-state index is 0.0381. The van der Waals surface area contributed by atoms with E-state index in [-0.39, 0.29) is 9.37 Å². The number of carbonyl (C=O) groups is 1. The van der Waals surface area contributed by atoms with Gasteiger partial charge in [-0.1, -0.05) is 0 Å². The topological polar surface area (TPSA) is 84.9 Å². The number of amides is 1. The molecule has 29 heavy (non-hydrogen) atoms. The minimum atomic E-state index is -5.06. The first-order chi connectivity index (χ1) is 13.8. The second-order valence-corrected chi connectivity index (χ2v) is 10.4. The maximum absolute atomic E-state index is 13.6. The first-order valence-electron chi connectivity index (χ1n) is 8.37. The van der Waals surface area contributed by atoms with E-state index in [4.69, 9.17) is 15.4 Å². The van der Waals surface area contributed by atoms with Gasteiger partial charge >= 0.3 is 174 Å². The third-order valence-corrected chi connectivity index (χ3v) is 7.32. The fourth-order valence-electron chi connectivity index (χ4n) is 2.65. The quantitative estimate of drug-likeness (QED) is 0.318. The summed E-state index contributed by atoms with van der Waals surface area (Å²) < 4.78 is 35.8. The Morgan fingerprint density at radius 1 is 1.00 bits per heavy atom.